The van der Waals surface area contributed by atoms with Gasteiger partial charge >= 0.3 is 0 Å². The number of halogens is 1. The molecule has 39 heavy (non-hydrogen) atoms. The van der Waals surface area contributed by atoms with Gasteiger partial charge in [0.1, 0.15) is 11.5 Å². The van der Waals surface area contributed by atoms with Gasteiger partial charge in [0.25, 0.3) is 0 Å². The van der Waals surface area contributed by atoms with Crippen LogP contribution in [0.1, 0.15) is 50.3 Å². The summed E-state index contributed by atoms with van der Waals surface area (Å²) in [6.45, 7) is 7.24. The Morgan fingerprint density at radius 1 is 1.08 bits per heavy atom. The Morgan fingerprint density at radius 2 is 1.82 bits per heavy atom. The third-order valence-corrected chi connectivity index (χ3v) is 11.8. The van der Waals surface area contributed by atoms with Crippen LogP contribution in [0.25, 0.3) is 0 Å². The molecule has 2 aromatic carbocycles. The maximum atomic E-state index is 13.6. The lowest BCUT2D eigenvalue weighted by atomic mass is 9.70. The Kier molecular flexibility index (Phi) is 8.15. The molecule has 1 unspecified atom stereocenters. The van der Waals surface area contributed by atoms with E-state index in [1.54, 1.807) is 11.4 Å². The van der Waals surface area contributed by atoms with Crippen molar-refractivity contribution in [3.8, 4) is 5.75 Å². The molecular formula is C30H39ClN2O5S. The summed E-state index contributed by atoms with van der Waals surface area (Å²) in [5, 5.41) is 0.668. The summed E-state index contributed by atoms with van der Waals surface area (Å²) in [4.78, 5) is 15.2. The second kappa shape index (κ2) is 11.1. The van der Waals surface area contributed by atoms with E-state index in [1.165, 1.54) is 0 Å². The molecular weight excluding hydrogens is 536 g/mol. The number of nitrogens with zero attached hydrogens (tertiary/aromatic N) is 2. The molecule has 1 saturated heterocycles. The van der Waals surface area contributed by atoms with Crippen LogP contribution in [0.2, 0.25) is 5.02 Å². The minimum absolute atomic E-state index is 0.0580. The molecule has 0 amide bonds. The quantitative estimate of drug-likeness (QED) is 0.400. The number of hydrogen-bond acceptors (Lipinski definition) is 6. The molecule has 3 atom stereocenters. The molecule has 212 valence electrons. The molecule has 0 N–H and O–H groups in total. The highest BCUT2D eigenvalue weighted by Gasteiger charge is 2.65. The van der Waals surface area contributed by atoms with Crippen molar-refractivity contribution in [3.05, 3.63) is 64.7 Å². The average molecular weight is 575 g/mol. The van der Waals surface area contributed by atoms with Gasteiger partial charge in [0.15, 0.2) is 0 Å². The van der Waals surface area contributed by atoms with Crippen LogP contribution in [-0.4, -0.2) is 69.0 Å². The third-order valence-electron chi connectivity index (χ3n) is 9.52. The summed E-state index contributed by atoms with van der Waals surface area (Å²) >= 11 is 6.17. The van der Waals surface area contributed by atoms with Crippen LogP contribution in [0.15, 0.2) is 48.5 Å². The third kappa shape index (κ3) is 5.64. The molecule has 2 saturated carbocycles. The van der Waals surface area contributed by atoms with Crippen molar-refractivity contribution in [1.82, 2.24) is 9.21 Å². The standard InChI is InChI=1S/C30H39ClN2O5S/c1-29(2)24-10-11-30(29,28(34)18-24)21-39(35,36)33-14-12-32(13-15-33)19-27(23-7-5-9-26(17-23)37-3)38-20-22-6-4-8-25(31)16-22/h4-9,16-17,24,27H,10-15,18-21H2,1-3H3/t24-,27?,30-/m0/s1. The van der Waals surface area contributed by atoms with Gasteiger partial charge in [-0.2, -0.15) is 4.31 Å². The number of ketones is 1. The Balaban J connectivity index is 1.24. The molecule has 5 rings (SSSR count). The number of rotatable bonds is 10. The monoisotopic (exact) mass is 574 g/mol. The second-order valence-electron chi connectivity index (χ2n) is 11.8. The van der Waals surface area contributed by atoms with E-state index in [-0.39, 0.29) is 23.1 Å². The first-order valence-electron chi connectivity index (χ1n) is 13.8. The predicted molar refractivity (Wildman–Crippen MR) is 152 cm³/mol. The lowest BCUT2D eigenvalue weighted by molar-refractivity contribution is -0.128. The number of Topliss-reactive ketones (excluding diaryl/α,β-unsaturated/α-hetero) is 1. The number of carbonyl (C=O) groups is 1. The fourth-order valence-electron chi connectivity index (χ4n) is 6.86. The number of ether oxygens (including phenoxy) is 2. The van der Waals surface area contributed by atoms with Crippen LogP contribution in [0.4, 0.5) is 0 Å². The van der Waals surface area contributed by atoms with Crippen LogP contribution in [0, 0.1) is 16.7 Å². The van der Waals surface area contributed by atoms with Crippen LogP contribution in [0.3, 0.4) is 0 Å². The normalized spacial score (nSPS) is 26.2. The minimum atomic E-state index is -3.55. The number of benzene rings is 2. The first-order valence-corrected chi connectivity index (χ1v) is 15.8. The van der Waals surface area contributed by atoms with Gasteiger partial charge in [-0.15, -0.1) is 0 Å². The Bertz CT molecular complexity index is 1310. The van der Waals surface area contributed by atoms with Gasteiger partial charge in [-0.3, -0.25) is 9.69 Å². The summed E-state index contributed by atoms with van der Waals surface area (Å²) in [5.74, 6) is 1.15. The molecule has 1 heterocycles. The molecule has 2 aromatic rings. The maximum absolute atomic E-state index is 13.6. The average Bonchev–Trinajstić information content (AvgIpc) is 3.25. The lowest BCUT2D eigenvalue weighted by Crippen LogP contribution is -2.53. The summed E-state index contributed by atoms with van der Waals surface area (Å²) in [5.41, 5.74) is 0.996. The molecule has 0 radical (unpaired) electrons. The van der Waals surface area contributed by atoms with E-state index in [4.69, 9.17) is 21.1 Å². The van der Waals surface area contributed by atoms with E-state index in [1.807, 2.05) is 48.5 Å². The molecule has 7 nitrogen and oxygen atoms in total. The summed E-state index contributed by atoms with van der Waals surface area (Å²) in [6.07, 6.45) is 1.93. The van der Waals surface area contributed by atoms with E-state index in [9.17, 15) is 13.2 Å². The first kappa shape index (κ1) is 28.6. The van der Waals surface area contributed by atoms with Gasteiger partial charge in [-0.05, 0) is 59.6 Å². The first-order chi connectivity index (χ1) is 18.5. The van der Waals surface area contributed by atoms with Crippen LogP contribution < -0.4 is 4.74 Å². The molecule has 1 aliphatic heterocycles. The molecule has 0 spiro atoms. The summed E-state index contributed by atoms with van der Waals surface area (Å²) in [7, 11) is -1.91. The Morgan fingerprint density at radius 3 is 2.46 bits per heavy atom. The highest BCUT2D eigenvalue weighted by atomic mass is 35.5. The maximum Gasteiger partial charge on any atom is 0.215 e. The topological polar surface area (TPSA) is 76.2 Å². The van der Waals surface area contributed by atoms with E-state index < -0.39 is 15.4 Å². The van der Waals surface area contributed by atoms with Crippen molar-refractivity contribution in [2.75, 3.05) is 45.6 Å². The van der Waals surface area contributed by atoms with Crippen LogP contribution >= 0.6 is 11.6 Å². The number of hydrogen-bond donors (Lipinski definition) is 0. The molecule has 3 fully saturated rings. The highest BCUT2D eigenvalue weighted by molar-refractivity contribution is 7.89. The number of carbonyl (C=O) groups excluding carboxylic acids is 1. The Labute approximate surface area is 237 Å². The zero-order chi connectivity index (χ0) is 27.8. The van der Waals surface area contributed by atoms with Crippen molar-refractivity contribution in [2.24, 2.45) is 16.7 Å². The van der Waals surface area contributed by atoms with E-state index in [2.05, 4.69) is 18.7 Å². The van der Waals surface area contributed by atoms with E-state index >= 15 is 0 Å². The van der Waals surface area contributed by atoms with Gasteiger partial charge in [0, 0.05) is 49.6 Å². The van der Waals surface area contributed by atoms with Crippen molar-refractivity contribution in [3.63, 3.8) is 0 Å². The predicted octanol–water partition coefficient (Wildman–Crippen LogP) is 4.95. The van der Waals surface area contributed by atoms with E-state index in [0.29, 0.717) is 63.1 Å². The second-order valence-corrected chi connectivity index (χ2v) is 14.2. The summed E-state index contributed by atoms with van der Waals surface area (Å²) < 4.78 is 40.6. The molecule has 2 bridgehead atoms. The van der Waals surface area contributed by atoms with Crippen LogP contribution in [-0.2, 0) is 26.2 Å². The molecule has 2 aliphatic carbocycles. The number of sulfonamides is 1. The SMILES string of the molecule is COc1cccc(C(CN2CCN(S(=O)(=O)C[C@@]34CC[C@@H](CC3=O)C4(C)C)CC2)OCc2cccc(Cl)c2)c1. The molecule has 0 aromatic heterocycles. The van der Waals surface area contributed by atoms with Gasteiger partial charge in [-0.25, -0.2) is 8.42 Å². The Hall–Kier alpha value is -1.97. The van der Waals surface area contributed by atoms with Crippen molar-refractivity contribution < 1.29 is 22.7 Å². The van der Waals surface area contributed by atoms with Gasteiger partial charge in [0.2, 0.25) is 10.0 Å². The fraction of sp³-hybridized carbons (Fsp3) is 0.567. The van der Waals surface area contributed by atoms with Gasteiger partial charge in [0.05, 0.1) is 25.6 Å². The number of fused-ring (bicyclic) bond motifs is 2. The zero-order valence-corrected chi connectivity index (χ0v) is 24.6. The lowest BCUT2D eigenvalue weighted by Gasteiger charge is -2.40. The van der Waals surface area contributed by atoms with E-state index in [0.717, 1.165) is 23.3 Å². The zero-order valence-electron chi connectivity index (χ0n) is 23.1. The van der Waals surface area contributed by atoms with Gasteiger partial charge < -0.3 is 9.47 Å². The van der Waals surface area contributed by atoms with Crippen molar-refractivity contribution in [1.29, 1.82) is 0 Å². The number of methoxy groups -OCH3 is 1. The number of piperazine rings is 1. The largest absolute Gasteiger partial charge is 0.497 e. The van der Waals surface area contributed by atoms with Crippen molar-refractivity contribution >= 4 is 27.4 Å². The summed E-state index contributed by atoms with van der Waals surface area (Å²) in [6, 6.07) is 15.5. The minimum Gasteiger partial charge on any atom is -0.497 e. The smallest absolute Gasteiger partial charge is 0.215 e. The van der Waals surface area contributed by atoms with Gasteiger partial charge in [-0.1, -0.05) is 49.7 Å². The highest BCUT2D eigenvalue weighted by Crippen LogP contribution is 2.64. The van der Waals surface area contributed by atoms with Crippen molar-refractivity contribution in [2.45, 2.75) is 45.8 Å². The van der Waals surface area contributed by atoms with Crippen LogP contribution in [0.5, 0.6) is 5.75 Å². The molecule has 9 heteroatoms. The molecule has 3 aliphatic rings. The fourth-order valence-corrected chi connectivity index (χ4v) is 9.27.